The van der Waals surface area contributed by atoms with Crippen LogP contribution in [-0.4, -0.2) is 45.0 Å². The molecule has 6 rings (SSSR count). The van der Waals surface area contributed by atoms with E-state index in [1.807, 2.05) is 0 Å². The molecule has 0 fully saturated rings. The minimum atomic E-state index is -4.96. The first-order valence-electron chi connectivity index (χ1n) is 14.9. The Labute approximate surface area is 336 Å². The summed E-state index contributed by atoms with van der Waals surface area (Å²) in [7, 11) is -9.92. The molecule has 0 atom stereocenters. The van der Waals surface area contributed by atoms with Crippen LogP contribution in [0.1, 0.15) is 19.3 Å². The van der Waals surface area contributed by atoms with Crippen LogP contribution in [0.2, 0.25) is 0 Å². The van der Waals surface area contributed by atoms with Crippen LogP contribution < -0.4 is 78.6 Å². The van der Waals surface area contributed by atoms with Gasteiger partial charge in [0.2, 0.25) is 0 Å². The Morgan fingerprint density at radius 1 is 0.529 bits per heavy atom. The van der Waals surface area contributed by atoms with E-state index in [9.17, 15) is 35.5 Å². The Morgan fingerprint density at radius 3 is 1.24 bits per heavy atom. The van der Waals surface area contributed by atoms with Gasteiger partial charge in [0.15, 0.2) is 0 Å². The molecular formula is C33H26N4Na2O10S2. The smallest absolute Gasteiger partial charge is 0.716 e. The summed E-state index contributed by atoms with van der Waals surface area (Å²) in [6, 6.07) is 25.0. The van der Waals surface area contributed by atoms with Crippen molar-refractivity contribution in [2.45, 2.75) is 32.4 Å². The zero-order valence-corrected chi connectivity index (χ0v) is 33.1. The zero-order chi connectivity index (χ0) is 34.8. The first kappa shape index (κ1) is 40.4. The van der Waals surface area contributed by atoms with Crippen molar-refractivity contribution in [3.8, 4) is 34.3 Å². The topological polar surface area (TPSA) is 203 Å². The van der Waals surface area contributed by atoms with Gasteiger partial charge in [0, 0.05) is 24.2 Å². The third-order valence-electron chi connectivity index (χ3n) is 7.61. The number of rotatable bonds is 12. The molecule has 0 radical (unpaired) electrons. The molecule has 0 bridgehead atoms. The fourth-order valence-corrected chi connectivity index (χ4v) is 6.16. The average molecular weight is 749 g/mol. The van der Waals surface area contributed by atoms with Gasteiger partial charge in [-0.15, -0.1) is 0 Å². The molecule has 0 saturated carbocycles. The number of aromatic nitrogens is 4. The van der Waals surface area contributed by atoms with Crippen molar-refractivity contribution in [1.82, 2.24) is 19.1 Å². The molecule has 0 spiro atoms. The van der Waals surface area contributed by atoms with Gasteiger partial charge in [-0.25, -0.2) is 26.8 Å². The Hall–Kier alpha value is -3.42. The van der Waals surface area contributed by atoms with Crippen molar-refractivity contribution < 1.29 is 93.4 Å². The van der Waals surface area contributed by atoms with Gasteiger partial charge >= 0.3 is 59.1 Å². The molecule has 0 saturated heterocycles. The minimum absolute atomic E-state index is 0. The predicted molar refractivity (Wildman–Crippen MR) is 177 cm³/mol. The van der Waals surface area contributed by atoms with Crippen LogP contribution in [0.5, 0.6) is 11.5 Å². The predicted octanol–water partition coefficient (Wildman–Crippen LogP) is -2.00. The number of unbranched alkanes of at least 4 members (excludes halogenated alkanes) is 2. The van der Waals surface area contributed by atoms with Crippen molar-refractivity contribution in [2.75, 3.05) is 0 Å². The summed E-state index contributed by atoms with van der Waals surface area (Å²) in [5.74, 6) is 0.334. The maximum atomic E-state index is 13.6. The molecule has 14 nitrogen and oxygen atoms in total. The van der Waals surface area contributed by atoms with Crippen LogP contribution in [0.3, 0.4) is 0 Å². The SMILES string of the molecule is O=c1c2ccccc2nc(-c2ccc(OS(=O)(=O)[O-])cc2)n1CCCCCn1c(-c2ccc(OS(=O)(=O)[O-])cc2)nc2ccccc2c1=O.[Na+].[Na+]. The van der Waals surface area contributed by atoms with Gasteiger partial charge in [0.1, 0.15) is 23.1 Å². The maximum absolute atomic E-state index is 13.6. The number of hydrogen-bond donors (Lipinski definition) is 0. The van der Waals surface area contributed by atoms with Gasteiger partial charge < -0.3 is 17.5 Å². The van der Waals surface area contributed by atoms with E-state index in [0.29, 0.717) is 63.8 Å². The number of fused-ring (bicyclic) bond motifs is 2. The molecule has 0 aliphatic carbocycles. The monoisotopic (exact) mass is 748 g/mol. The molecule has 6 aromatic rings. The van der Waals surface area contributed by atoms with E-state index in [0.717, 1.165) is 0 Å². The second kappa shape index (κ2) is 16.9. The number of para-hydroxylation sites is 2. The molecule has 0 N–H and O–H groups in total. The number of hydrogen-bond acceptors (Lipinski definition) is 12. The van der Waals surface area contributed by atoms with E-state index < -0.39 is 20.8 Å². The Morgan fingerprint density at radius 2 is 0.882 bits per heavy atom. The second-order valence-corrected chi connectivity index (χ2v) is 12.9. The third-order valence-corrected chi connectivity index (χ3v) is 8.40. The molecule has 4 aromatic carbocycles. The Kier molecular flexibility index (Phi) is 13.4. The van der Waals surface area contributed by atoms with E-state index in [4.69, 9.17) is 9.97 Å². The Balaban J connectivity index is 0.00000292. The van der Waals surface area contributed by atoms with Gasteiger partial charge in [-0.3, -0.25) is 18.7 Å². The fourth-order valence-electron chi connectivity index (χ4n) is 5.46. The molecule has 2 heterocycles. The van der Waals surface area contributed by atoms with E-state index in [1.54, 1.807) is 48.5 Å². The second-order valence-electron chi connectivity index (χ2n) is 10.9. The summed E-state index contributed by atoms with van der Waals surface area (Å²) < 4.78 is 77.8. The third kappa shape index (κ3) is 9.92. The zero-order valence-electron chi connectivity index (χ0n) is 27.5. The van der Waals surface area contributed by atoms with Crippen LogP contribution >= 0.6 is 0 Å². The van der Waals surface area contributed by atoms with Crippen molar-refractivity contribution in [3.63, 3.8) is 0 Å². The van der Waals surface area contributed by atoms with Gasteiger partial charge in [0.25, 0.3) is 31.9 Å². The van der Waals surface area contributed by atoms with Crippen molar-refractivity contribution >= 4 is 42.6 Å². The quantitative estimate of drug-likeness (QED) is 0.0578. The van der Waals surface area contributed by atoms with Crippen LogP contribution in [0.15, 0.2) is 107 Å². The summed E-state index contributed by atoms with van der Waals surface area (Å²) in [6.45, 7) is 0.558. The van der Waals surface area contributed by atoms with E-state index in [-0.39, 0.29) is 94.8 Å². The molecule has 18 heteroatoms. The van der Waals surface area contributed by atoms with E-state index in [2.05, 4.69) is 8.37 Å². The van der Waals surface area contributed by atoms with Gasteiger partial charge in [-0.1, -0.05) is 24.3 Å². The van der Waals surface area contributed by atoms with Gasteiger partial charge in [-0.05, 0) is 92.1 Å². The molecular weight excluding hydrogens is 722 g/mol. The molecule has 51 heavy (non-hydrogen) atoms. The number of benzene rings is 4. The summed E-state index contributed by atoms with van der Waals surface area (Å²) in [6.07, 6.45) is 1.66. The van der Waals surface area contributed by atoms with Crippen molar-refractivity contribution in [2.24, 2.45) is 0 Å². The fraction of sp³-hybridized carbons (Fsp3) is 0.152. The van der Waals surface area contributed by atoms with Gasteiger partial charge in [0.05, 0.1) is 21.8 Å². The summed E-state index contributed by atoms with van der Waals surface area (Å²) in [5, 5.41) is 0.845. The molecule has 0 unspecified atom stereocenters. The van der Waals surface area contributed by atoms with Crippen LogP contribution in [0, 0.1) is 0 Å². The molecule has 252 valence electrons. The van der Waals surface area contributed by atoms with Crippen molar-refractivity contribution in [1.29, 1.82) is 0 Å². The largest absolute Gasteiger partial charge is 1.00 e. The first-order valence-corrected chi connectivity index (χ1v) is 17.5. The van der Waals surface area contributed by atoms with Crippen LogP contribution in [0.25, 0.3) is 44.6 Å². The summed E-state index contributed by atoms with van der Waals surface area (Å²) >= 11 is 0. The molecule has 0 aliphatic heterocycles. The molecule has 2 aromatic heterocycles. The number of nitrogens with zero attached hydrogens (tertiary/aromatic N) is 4. The maximum Gasteiger partial charge on any atom is 1.00 e. The minimum Gasteiger partial charge on any atom is -0.716 e. The standard InChI is InChI=1S/C33H28N4O10S2.2Na/c38-32-26-8-2-4-10-28(26)34-30(22-12-16-24(17-13-22)46-48(40,41)42)36(32)20-6-1-7-21-37-31(35-29-11-5-3-9-27(29)33(37)39)23-14-18-25(19-15-23)47-49(43,44)45;;/h2-5,8-19H,1,6-7,20-21H2,(H,40,41,42)(H,43,44,45);;/q;2*+1/p-2. The van der Waals surface area contributed by atoms with Crippen molar-refractivity contribution in [3.05, 3.63) is 118 Å². The van der Waals surface area contributed by atoms with Crippen LogP contribution in [0.4, 0.5) is 0 Å². The van der Waals surface area contributed by atoms with E-state index >= 15 is 0 Å². The Bertz CT molecular complexity index is 2350. The van der Waals surface area contributed by atoms with E-state index in [1.165, 1.54) is 57.7 Å². The molecule has 0 amide bonds. The molecule has 0 aliphatic rings. The normalized spacial score (nSPS) is 11.5. The van der Waals surface area contributed by atoms with Crippen LogP contribution in [-0.2, 0) is 33.9 Å². The summed E-state index contributed by atoms with van der Waals surface area (Å²) in [4.78, 5) is 36.6. The average Bonchev–Trinajstić information content (AvgIpc) is 3.05. The summed E-state index contributed by atoms with van der Waals surface area (Å²) in [5.41, 5.74) is 1.43. The van der Waals surface area contributed by atoms with Gasteiger partial charge in [-0.2, -0.15) is 0 Å². The first-order chi connectivity index (χ1) is 23.4.